The van der Waals surface area contributed by atoms with Crippen LogP contribution in [0, 0.1) is 25.6 Å². The maximum absolute atomic E-state index is 13.2. The molecule has 2 heterocycles. The molecule has 1 aromatic carbocycles. The Bertz CT molecular complexity index is 819. The second kappa shape index (κ2) is 6.71. The summed E-state index contributed by atoms with van der Waals surface area (Å²) in [6, 6.07) is 8.65. The van der Waals surface area contributed by atoms with Crippen molar-refractivity contribution in [3.63, 3.8) is 0 Å². The lowest BCUT2D eigenvalue weighted by molar-refractivity contribution is 0.527. The molecular weight excluding hydrogens is 311 g/mol. The third-order valence-electron chi connectivity index (χ3n) is 4.21. The largest absolute Gasteiger partial charge is 0.343 e. The van der Waals surface area contributed by atoms with Gasteiger partial charge in [0.2, 0.25) is 0 Å². The SMILES string of the molecule is Cc1c(C)n(CC(C)C)c2c(-c3ccc(F)cc3)nccc12.Cl. The van der Waals surface area contributed by atoms with Crippen LogP contribution in [0.25, 0.3) is 22.2 Å². The summed E-state index contributed by atoms with van der Waals surface area (Å²) in [6.45, 7) is 9.70. The number of hydrogen-bond acceptors (Lipinski definition) is 1. The van der Waals surface area contributed by atoms with Gasteiger partial charge in [-0.1, -0.05) is 13.8 Å². The highest BCUT2D eigenvalue weighted by Crippen LogP contribution is 2.32. The Kier molecular flexibility index (Phi) is 5.10. The highest BCUT2D eigenvalue weighted by atomic mass is 35.5. The lowest BCUT2D eigenvalue weighted by Crippen LogP contribution is -2.07. The van der Waals surface area contributed by atoms with E-state index in [9.17, 15) is 4.39 Å². The van der Waals surface area contributed by atoms with Gasteiger partial charge in [0.15, 0.2) is 0 Å². The Labute approximate surface area is 142 Å². The minimum atomic E-state index is -0.221. The van der Waals surface area contributed by atoms with Gasteiger partial charge in [0, 0.05) is 29.4 Å². The predicted octanol–water partition coefficient (Wildman–Crippen LogP) is 5.54. The summed E-state index contributed by atoms with van der Waals surface area (Å²) in [6.07, 6.45) is 1.84. The van der Waals surface area contributed by atoms with Gasteiger partial charge in [-0.15, -0.1) is 12.4 Å². The number of benzene rings is 1. The van der Waals surface area contributed by atoms with E-state index in [0.29, 0.717) is 5.92 Å². The maximum Gasteiger partial charge on any atom is 0.123 e. The van der Waals surface area contributed by atoms with E-state index in [0.717, 1.165) is 23.3 Å². The molecule has 0 bridgehead atoms. The fourth-order valence-electron chi connectivity index (χ4n) is 3.01. The Balaban J connectivity index is 0.00000192. The Hall–Kier alpha value is -1.87. The standard InChI is InChI=1S/C19H21FN2.ClH/c1-12(2)11-22-14(4)13(3)17-9-10-21-18(19(17)22)15-5-7-16(20)8-6-15;/h5-10,12H,11H2,1-4H3;1H. The van der Waals surface area contributed by atoms with Crippen molar-refractivity contribution in [1.29, 1.82) is 0 Å². The van der Waals surface area contributed by atoms with Crippen molar-refractivity contribution in [1.82, 2.24) is 9.55 Å². The van der Waals surface area contributed by atoms with E-state index in [4.69, 9.17) is 0 Å². The lowest BCUT2D eigenvalue weighted by Gasteiger charge is -2.13. The zero-order chi connectivity index (χ0) is 15.9. The minimum absolute atomic E-state index is 0. The third-order valence-corrected chi connectivity index (χ3v) is 4.21. The van der Waals surface area contributed by atoms with Crippen LogP contribution < -0.4 is 0 Å². The minimum Gasteiger partial charge on any atom is -0.343 e. The summed E-state index contributed by atoms with van der Waals surface area (Å²) < 4.78 is 15.6. The zero-order valence-electron chi connectivity index (χ0n) is 13.9. The van der Waals surface area contributed by atoms with E-state index >= 15 is 0 Å². The summed E-state index contributed by atoms with van der Waals surface area (Å²) in [5, 5.41) is 1.23. The van der Waals surface area contributed by atoms with E-state index in [1.807, 2.05) is 6.20 Å². The monoisotopic (exact) mass is 332 g/mol. The zero-order valence-corrected chi connectivity index (χ0v) is 14.7. The quantitative estimate of drug-likeness (QED) is 0.616. The molecule has 0 amide bonds. The molecule has 122 valence electrons. The van der Waals surface area contributed by atoms with Gasteiger partial charge in [-0.25, -0.2) is 4.39 Å². The van der Waals surface area contributed by atoms with Gasteiger partial charge in [-0.2, -0.15) is 0 Å². The summed E-state index contributed by atoms with van der Waals surface area (Å²) in [7, 11) is 0. The van der Waals surface area contributed by atoms with Crippen LogP contribution in [-0.2, 0) is 6.54 Å². The van der Waals surface area contributed by atoms with Gasteiger partial charge in [-0.05, 0) is 55.7 Å². The number of aromatic nitrogens is 2. The number of halogens is 2. The molecule has 0 aliphatic carbocycles. The van der Waals surface area contributed by atoms with Crippen molar-refractivity contribution in [2.75, 3.05) is 0 Å². The molecule has 23 heavy (non-hydrogen) atoms. The summed E-state index contributed by atoms with van der Waals surface area (Å²) >= 11 is 0. The molecule has 0 N–H and O–H groups in total. The highest BCUT2D eigenvalue weighted by molar-refractivity contribution is 5.95. The van der Waals surface area contributed by atoms with Gasteiger partial charge in [0.1, 0.15) is 5.82 Å². The van der Waals surface area contributed by atoms with Crippen molar-refractivity contribution in [3.8, 4) is 11.3 Å². The van der Waals surface area contributed by atoms with Gasteiger partial charge in [0.25, 0.3) is 0 Å². The number of hydrogen-bond donors (Lipinski definition) is 0. The Morgan fingerprint density at radius 1 is 1.09 bits per heavy atom. The number of fused-ring (bicyclic) bond motifs is 1. The van der Waals surface area contributed by atoms with Gasteiger partial charge in [0.05, 0.1) is 11.2 Å². The van der Waals surface area contributed by atoms with E-state index in [1.165, 1.54) is 28.8 Å². The molecule has 0 spiro atoms. The first-order valence-electron chi connectivity index (χ1n) is 7.69. The molecule has 0 unspecified atom stereocenters. The van der Waals surface area contributed by atoms with Crippen LogP contribution in [-0.4, -0.2) is 9.55 Å². The first-order valence-corrected chi connectivity index (χ1v) is 7.69. The van der Waals surface area contributed by atoms with Crippen LogP contribution in [0.4, 0.5) is 4.39 Å². The third kappa shape index (κ3) is 3.11. The van der Waals surface area contributed by atoms with Crippen molar-refractivity contribution >= 4 is 23.3 Å². The molecule has 0 saturated carbocycles. The smallest absolute Gasteiger partial charge is 0.123 e. The number of aryl methyl sites for hydroxylation is 1. The molecule has 2 nitrogen and oxygen atoms in total. The van der Waals surface area contributed by atoms with Gasteiger partial charge >= 0.3 is 0 Å². The molecule has 3 aromatic rings. The van der Waals surface area contributed by atoms with Crippen LogP contribution in [0.15, 0.2) is 36.5 Å². The summed E-state index contributed by atoms with van der Waals surface area (Å²) in [5.74, 6) is 0.329. The van der Waals surface area contributed by atoms with E-state index in [2.05, 4.69) is 43.3 Å². The summed E-state index contributed by atoms with van der Waals surface area (Å²) in [5.41, 5.74) is 5.60. The van der Waals surface area contributed by atoms with E-state index < -0.39 is 0 Å². The van der Waals surface area contributed by atoms with Crippen LogP contribution in [0.3, 0.4) is 0 Å². The number of nitrogens with zero attached hydrogens (tertiary/aromatic N) is 2. The first-order chi connectivity index (χ1) is 10.5. The van der Waals surface area contributed by atoms with Crippen molar-refractivity contribution in [2.45, 2.75) is 34.2 Å². The highest BCUT2D eigenvalue weighted by Gasteiger charge is 2.16. The molecule has 0 radical (unpaired) electrons. The van der Waals surface area contributed by atoms with E-state index in [1.54, 1.807) is 12.1 Å². The predicted molar refractivity (Wildman–Crippen MR) is 96.7 cm³/mol. The first kappa shape index (κ1) is 17.5. The van der Waals surface area contributed by atoms with Crippen LogP contribution in [0.5, 0.6) is 0 Å². The fraction of sp³-hybridized carbons (Fsp3) is 0.316. The second-order valence-corrected chi connectivity index (χ2v) is 6.28. The van der Waals surface area contributed by atoms with Gasteiger partial charge < -0.3 is 4.57 Å². The average molecular weight is 333 g/mol. The molecule has 4 heteroatoms. The topological polar surface area (TPSA) is 17.8 Å². The molecule has 0 saturated heterocycles. The van der Waals surface area contributed by atoms with Gasteiger partial charge in [-0.3, -0.25) is 4.98 Å². The molecule has 0 aliphatic rings. The fourth-order valence-corrected chi connectivity index (χ4v) is 3.01. The van der Waals surface area contributed by atoms with Crippen molar-refractivity contribution in [3.05, 3.63) is 53.6 Å². The molecule has 0 atom stereocenters. The van der Waals surface area contributed by atoms with Crippen LogP contribution >= 0.6 is 12.4 Å². The number of rotatable bonds is 3. The van der Waals surface area contributed by atoms with E-state index in [-0.39, 0.29) is 18.2 Å². The number of pyridine rings is 1. The normalized spacial score (nSPS) is 11.0. The van der Waals surface area contributed by atoms with Crippen molar-refractivity contribution < 1.29 is 4.39 Å². The Morgan fingerprint density at radius 2 is 1.74 bits per heavy atom. The lowest BCUT2D eigenvalue weighted by atomic mass is 10.1. The van der Waals surface area contributed by atoms with Crippen LogP contribution in [0.2, 0.25) is 0 Å². The molecule has 3 rings (SSSR count). The Morgan fingerprint density at radius 3 is 2.35 bits per heavy atom. The average Bonchev–Trinajstić information content (AvgIpc) is 2.73. The second-order valence-electron chi connectivity index (χ2n) is 6.28. The van der Waals surface area contributed by atoms with Crippen molar-refractivity contribution in [2.24, 2.45) is 5.92 Å². The molecular formula is C19H22ClFN2. The maximum atomic E-state index is 13.2. The molecule has 0 fully saturated rings. The van der Waals surface area contributed by atoms with Crippen LogP contribution in [0.1, 0.15) is 25.1 Å². The molecule has 2 aromatic heterocycles. The summed E-state index contributed by atoms with van der Waals surface area (Å²) in [4.78, 5) is 4.59. The molecule has 0 aliphatic heterocycles.